The molecule has 110 valence electrons. The molecular weight excluding hydrogens is 312 g/mol. The lowest BCUT2D eigenvalue weighted by Gasteiger charge is -2.17. The predicted octanol–water partition coefficient (Wildman–Crippen LogP) is 3.09. The van der Waals surface area contributed by atoms with Gasteiger partial charge in [0, 0.05) is 22.5 Å². The standard InChI is InChI=1S/C14H13ClN2O3S/c1-2-17(13(20)9-3-5-10(15)6-4-9)14-16-11(8-21-14)7-12(18)19/h3-6,8H,2,7H2,1H3,(H,18,19). The molecule has 0 saturated heterocycles. The molecule has 0 spiro atoms. The Balaban J connectivity index is 2.22. The molecule has 0 aliphatic carbocycles. The highest BCUT2D eigenvalue weighted by atomic mass is 35.5. The molecule has 0 aliphatic heterocycles. The van der Waals surface area contributed by atoms with Crippen LogP contribution in [0.5, 0.6) is 0 Å². The fourth-order valence-electron chi connectivity index (χ4n) is 1.77. The van der Waals surface area contributed by atoms with E-state index in [-0.39, 0.29) is 12.3 Å². The van der Waals surface area contributed by atoms with E-state index in [4.69, 9.17) is 16.7 Å². The molecule has 0 radical (unpaired) electrons. The molecule has 1 N–H and O–H groups in total. The van der Waals surface area contributed by atoms with Crippen molar-refractivity contribution in [2.75, 3.05) is 11.4 Å². The minimum Gasteiger partial charge on any atom is -0.481 e. The van der Waals surface area contributed by atoms with Crippen LogP contribution in [0.15, 0.2) is 29.6 Å². The van der Waals surface area contributed by atoms with Crippen LogP contribution in [0.4, 0.5) is 5.13 Å². The van der Waals surface area contributed by atoms with Gasteiger partial charge in [-0.1, -0.05) is 11.6 Å². The van der Waals surface area contributed by atoms with Gasteiger partial charge in [-0.2, -0.15) is 0 Å². The van der Waals surface area contributed by atoms with Crippen molar-refractivity contribution in [3.8, 4) is 0 Å². The van der Waals surface area contributed by atoms with Gasteiger partial charge in [-0.25, -0.2) is 4.98 Å². The molecule has 0 saturated carbocycles. The van der Waals surface area contributed by atoms with Crippen molar-refractivity contribution in [2.45, 2.75) is 13.3 Å². The number of nitrogens with zero attached hydrogens (tertiary/aromatic N) is 2. The maximum absolute atomic E-state index is 12.5. The summed E-state index contributed by atoms with van der Waals surface area (Å²) in [6, 6.07) is 6.61. The molecule has 2 aromatic rings. The van der Waals surface area contributed by atoms with Gasteiger partial charge in [-0.3, -0.25) is 14.5 Å². The first-order chi connectivity index (χ1) is 10.0. The first-order valence-electron chi connectivity index (χ1n) is 6.25. The summed E-state index contributed by atoms with van der Waals surface area (Å²) in [6.45, 7) is 2.29. The van der Waals surface area contributed by atoms with Crippen molar-refractivity contribution < 1.29 is 14.7 Å². The molecular formula is C14H13ClN2O3S. The zero-order valence-electron chi connectivity index (χ0n) is 11.2. The van der Waals surface area contributed by atoms with Crippen molar-refractivity contribution in [1.82, 2.24) is 4.98 Å². The normalized spacial score (nSPS) is 10.4. The van der Waals surface area contributed by atoms with E-state index in [9.17, 15) is 9.59 Å². The lowest BCUT2D eigenvalue weighted by atomic mass is 10.2. The Kier molecular flexibility index (Phi) is 4.93. The van der Waals surface area contributed by atoms with Gasteiger partial charge in [0.1, 0.15) is 0 Å². The van der Waals surface area contributed by atoms with Crippen LogP contribution in [0.3, 0.4) is 0 Å². The molecule has 1 amide bonds. The molecule has 0 fully saturated rings. The maximum atomic E-state index is 12.5. The van der Waals surface area contributed by atoms with Gasteiger partial charge >= 0.3 is 5.97 Å². The van der Waals surface area contributed by atoms with E-state index in [1.165, 1.54) is 16.2 Å². The molecule has 2 rings (SSSR count). The average Bonchev–Trinajstić information content (AvgIpc) is 2.87. The number of carbonyl (C=O) groups excluding carboxylic acids is 1. The molecule has 1 aromatic carbocycles. The van der Waals surface area contributed by atoms with Crippen LogP contribution >= 0.6 is 22.9 Å². The number of rotatable bonds is 5. The van der Waals surface area contributed by atoms with Gasteiger partial charge in [0.25, 0.3) is 5.91 Å². The third-order valence-electron chi connectivity index (χ3n) is 2.76. The number of carboxylic acids is 1. The van der Waals surface area contributed by atoms with E-state index < -0.39 is 5.97 Å². The Morgan fingerprint density at radius 1 is 1.33 bits per heavy atom. The van der Waals surface area contributed by atoms with Crippen LogP contribution < -0.4 is 4.90 Å². The number of hydrogen-bond donors (Lipinski definition) is 1. The van der Waals surface area contributed by atoms with Crippen molar-refractivity contribution >= 4 is 39.9 Å². The van der Waals surface area contributed by atoms with Gasteiger partial charge in [-0.15, -0.1) is 11.3 Å². The quantitative estimate of drug-likeness (QED) is 0.917. The molecule has 1 heterocycles. The molecule has 5 nitrogen and oxygen atoms in total. The number of amides is 1. The van der Waals surface area contributed by atoms with E-state index in [2.05, 4.69) is 4.98 Å². The second kappa shape index (κ2) is 6.69. The summed E-state index contributed by atoms with van der Waals surface area (Å²) in [5.41, 5.74) is 0.959. The Hall–Kier alpha value is -1.92. The van der Waals surface area contributed by atoms with E-state index in [1.54, 1.807) is 29.6 Å². The number of thiazole rings is 1. The fourth-order valence-corrected chi connectivity index (χ4v) is 2.78. The van der Waals surface area contributed by atoms with E-state index in [0.717, 1.165) is 0 Å². The van der Waals surface area contributed by atoms with Gasteiger partial charge in [0.2, 0.25) is 0 Å². The second-order valence-corrected chi connectivity index (χ2v) is 5.52. The number of hydrogen-bond acceptors (Lipinski definition) is 4. The number of aromatic nitrogens is 1. The zero-order chi connectivity index (χ0) is 15.4. The molecule has 0 aliphatic rings. The summed E-state index contributed by atoms with van der Waals surface area (Å²) in [4.78, 5) is 28.8. The Labute approximate surface area is 130 Å². The highest BCUT2D eigenvalue weighted by Crippen LogP contribution is 2.23. The third-order valence-corrected chi connectivity index (χ3v) is 3.92. The summed E-state index contributed by atoms with van der Waals surface area (Å²) >= 11 is 7.06. The van der Waals surface area contributed by atoms with Crippen molar-refractivity contribution in [1.29, 1.82) is 0 Å². The predicted molar refractivity (Wildman–Crippen MR) is 82.3 cm³/mol. The summed E-state index contributed by atoms with van der Waals surface area (Å²) in [7, 11) is 0. The van der Waals surface area contributed by atoms with Crippen LogP contribution in [-0.4, -0.2) is 28.5 Å². The topological polar surface area (TPSA) is 70.5 Å². The molecule has 21 heavy (non-hydrogen) atoms. The smallest absolute Gasteiger partial charge is 0.309 e. The third kappa shape index (κ3) is 3.80. The number of aliphatic carboxylic acids is 1. The molecule has 7 heteroatoms. The van der Waals surface area contributed by atoms with Crippen LogP contribution in [0.25, 0.3) is 0 Å². The maximum Gasteiger partial charge on any atom is 0.309 e. The first-order valence-corrected chi connectivity index (χ1v) is 7.50. The van der Waals surface area contributed by atoms with Crippen molar-refractivity contribution in [2.24, 2.45) is 0 Å². The Morgan fingerprint density at radius 3 is 2.57 bits per heavy atom. The van der Waals surface area contributed by atoms with Crippen molar-refractivity contribution in [3.63, 3.8) is 0 Å². The minimum atomic E-state index is -0.945. The Bertz CT molecular complexity index is 654. The van der Waals surface area contributed by atoms with Crippen molar-refractivity contribution in [3.05, 3.63) is 45.9 Å². The summed E-state index contributed by atoms with van der Waals surface area (Å²) in [5, 5.41) is 11.5. The zero-order valence-corrected chi connectivity index (χ0v) is 12.8. The number of benzene rings is 1. The van der Waals surface area contributed by atoms with E-state index in [0.29, 0.717) is 28.0 Å². The largest absolute Gasteiger partial charge is 0.481 e. The lowest BCUT2D eigenvalue weighted by Crippen LogP contribution is -2.30. The van der Waals surface area contributed by atoms with Crippen LogP contribution in [0.1, 0.15) is 23.0 Å². The summed E-state index contributed by atoms with van der Waals surface area (Å²) in [6.07, 6.45) is -0.150. The molecule has 0 bridgehead atoms. The molecule has 0 atom stereocenters. The van der Waals surface area contributed by atoms with Crippen LogP contribution in [-0.2, 0) is 11.2 Å². The summed E-state index contributed by atoms with van der Waals surface area (Å²) in [5.74, 6) is -1.13. The SMILES string of the molecule is CCN(C(=O)c1ccc(Cl)cc1)c1nc(CC(=O)O)cs1. The van der Waals surface area contributed by atoms with Gasteiger partial charge in [0.05, 0.1) is 12.1 Å². The summed E-state index contributed by atoms with van der Waals surface area (Å²) < 4.78 is 0. The Morgan fingerprint density at radius 2 is 2.00 bits per heavy atom. The van der Waals surface area contributed by atoms with Crippen LogP contribution in [0.2, 0.25) is 5.02 Å². The molecule has 1 aromatic heterocycles. The minimum absolute atomic E-state index is 0.150. The highest BCUT2D eigenvalue weighted by molar-refractivity contribution is 7.14. The van der Waals surface area contributed by atoms with E-state index in [1.807, 2.05) is 6.92 Å². The van der Waals surface area contributed by atoms with Gasteiger partial charge < -0.3 is 5.11 Å². The first kappa shape index (κ1) is 15.5. The lowest BCUT2D eigenvalue weighted by molar-refractivity contribution is -0.136. The van der Waals surface area contributed by atoms with Gasteiger partial charge in [-0.05, 0) is 31.2 Å². The number of halogens is 1. The van der Waals surface area contributed by atoms with Gasteiger partial charge in [0.15, 0.2) is 5.13 Å². The number of carbonyl (C=O) groups is 2. The monoisotopic (exact) mass is 324 g/mol. The molecule has 0 unspecified atom stereocenters. The second-order valence-electron chi connectivity index (χ2n) is 4.25. The van der Waals surface area contributed by atoms with Crippen LogP contribution in [0, 0.1) is 0 Å². The number of anilines is 1. The fraction of sp³-hybridized carbons (Fsp3) is 0.214. The number of carboxylic acid groups (broad SMARTS) is 1. The van der Waals surface area contributed by atoms with E-state index >= 15 is 0 Å². The average molecular weight is 325 g/mol. The highest BCUT2D eigenvalue weighted by Gasteiger charge is 2.19.